The third-order valence-electron chi connectivity index (χ3n) is 7.27. The van der Waals surface area contributed by atoms with Gasteiger partial charge in [0.1, 0.15) is 0 Å². The minimum absolute atomic E-state index is 0.00362. The summed E-state index contributed by atoms with van der Waals surface area (Å²) >= 11 is 0. The second-order valence-electron chi connectivity index (χ2n) is 9.77. The molecule has 34 heavy (non-hydrogen) atoms. The van der Waals surface area contributed by atoms with Crippen LogP contribution in [0.4, 0.5) is 24.5 Å². The van der Waals surface area contributed by atoms with Gasteiger partial charge in [0.15, 0.2) is 27.3 Å². The summed E-state index contributed by atoms with van der Waals surface area (Å²) in [7, 11) is -0.345. The van der Waals surface area contributed by atoms with Gasteiger partial charge < -0.3 is 15.0 Å². The van der Waals surface area contributed by atoms with E-state index in [0.29, 0.717) is 24.4 Å². The van der Waals surface area contributed by atoms with Crippen LogP contribution in [-0.2, 0) is 14.6 Å². The third kappa shape index (κ3) is 3.86. The average molecular weight is 495 g/mol. The van der Waals surface area contributed by atoms with Crippen LogP contribution in [0.1, 0.15) is 36.0 Å². The summed E-state index contributed by atoms with van der Waals surface area (Å²) in [6.45, 7) is 0.690. The molecule has 1 spiro atoms. The second-order valence-corrected chi connectivity index (χ2v) is 11.8. The molecule has 2 bridgehead atoms. The van der Waals surface area contributed by atoms with Gasteiger partial charge in [-0.05, 0) is 55.7 Å². The van der Waals surface area contributed by atoms with E-state index in [0.717, 1.165) is 25.7 Å². The van der Waals surface area contributed by atoms with Crippen molar-refractivity contribution in [3.8, 4) is 0 Å². The Labute approximate surface area is 196 Å². The highest BCUT2D eigenvalue weighted by Crippen LogP contribution is 2.56. The molecule has 0 radical (unpaired) electrons. The number of carbonyl (C=O) groups excluding carboxylic acids is 1. The van der Waals surface area contributed by atoms with Crippen molar-refractivity contribution in [2.45, 2.75) is 41.4 Å². The van der Waals surface area contributed by atoms with Crippen LogP contribution < -0.4 is 10.2 Å². The number of benzene rings is 2. The van der Waals surface area contributed by atoms with Crippen molar-refractivity contribution in [1.82, 2.24) is 0 Å². The van der Waals surface area contributed by atoms with E-state index in [-0.39, 0.29) is 33.6 Å². The summed E-state index contributed by atoms with van der Waals surface area (Å²) in [6, 6.07) is 5.63. The molecule has 2 aliphatic carbocycles. The number of sulfone groups is 1. The molecule has 182 valence electrons. The fourth-order valence-electron chi connectivity index (χ4n) is 5.69. The molecule has 3 fully saturated rings. The summed E-state index contributed by atoms with van der Waals surface area (Å²) in [4.78, 5) is 14.5. The molecule has 10 heteroatoms. The molecule has 1 N–H and O–H groups in total. The second kappa shape index (κ2) is 7.98. The number of rotatable bonds is 5. The third-order valence-corrected chi connectivity index (χ3v) is 9.70. The number of hydrogen-bond acceptors (Lipinski definition) is 5. The Morgan fingerprint density at radius 3 is 2.18 bits per heavy atom. The standard InChI is InChI=1S/C24H25F3N2O4S/c1-29(2)19-6-5-13(23(30)28-16-8-17(25)21(27)18(26)9-16)7-20(19)34(31,32)22-14-3-4-15(22)11-24(10-14)12-33-24/h5-9,14-15,22H,3-4,10-12H2,1-2H3,(H,28,30)/t14-,15?,22?,24?/m0/s1. The summed E-state index contributed by atoms with van der Waals surface area (Å²) in [5.74, 6) is -5.27. The van der Waals surface area contributed by atoms with E-state index in [1.165, 1.54) is 12.1 Å². The quantitative estimate of drug-likeness (QED) is 0.499. The van der Waals surface area contributed by atoms with Crippen molar-refractivity contribution >= 4 is 27.1 Å². The predicted octanol–water partition coefficient (Wildman–Crippen LogP) is 4.15. The van der Waals surface area contributed by atoms with Crippen LogP contribution in [-0.4, -0.2) is 45.9 Å². The Hall–Kier alpha value is -2.59. The van der Waals surface area contributed by atoms with Gasteiger partial charge in [0, 0.05) is 37.5 Å². The molecule has 1 aliphatic heterocycles. The lowest BCUT2D eigenvalue weighted by Gasteiger charge is -2.34. The van der Waals surface area contributed by atoms with E-state index in [2.05, 4.69) is 5.32 Å². The van der Waals surface area contributed by atoms with Crippen molar-refractivity contribution in [2.75, 3.05) is 30.9 Å². The molecule has 5 rings (SSSR count). The zero-order valence-corrected chi connectivity index (χ0v) is 19.6. The van der Waals surface area contributed by atoms with E-state index >= 15 is 0 Å². The highest BCUT2D eigenvalue weighted by Gasteiger charge is 2.60. The van der Waals surface area contributed by atoms with Gasteiger partial charge in [0.25, 0.3) is 5.91 Å². The lowest BCUT2D eigenvalue weighted by atomic mass is 9.81. The average Bonchev–Trinajstić information content (AvgIpc) is 3.45. The number of nitrogens with zero attached hydrogens (tertiary/aromatic N) is 1. The van der Waals surface area contributed by atoms with E-state index in [4.69, 9.17) is 4.74 Å². The van der Waals surface area contributed by atoms with Crippen LogP contribution >= 0.6 is 0 Å². The normalized spacial score (nSPS) is 27.6. The van der Waals surface area contributed by atoms with Crippen LogP contribution in [0.25, 0.3) is 0 Å². The molecule has 6 nitrogen and oxygen atoms in total. The number of ether oxygens (including phenoxy) is 1. The first-order valence-electron chi connectivity index (χ1n) is 11.2. The minimum Gasteiger partial charge on any atom is -0.377 e. The van der Waals surface area contributed by atoms with Gasteiger partial charge in [-0.2, -0.15) is 0 Å². The summed E-state index contributed by atoms with van der Waals surface area (Å²) in [5.41, 5.74) is 0.0451. The monoisotopic (exact) mass is 494 g/mol. The van der Waals surface area contributed by atoms with Crippen LogP contribution in [0.3, 0.4) is 0 Å². The topological polar surface area (TPSA) is 79.0 Å². The number of anilines is 2. The Kier molecular flexibility index (Phi) is 5.44. The van der Waals surface area contributed by atoms with Gasteiger partial charge >= 0.3 is 0 Å². The zero-order chi connectivity index (χ0) is 24.4. The molecular weight excluding hydrogens is 469 g/mol. The maximum Gasteiger partial charge on any atom is 0.255 e. The van der Waals surface area contributed by atoms with Gasteiger partial charge in [-0.1, -0.05) is 0 Å². The fraction of sp³-hybridized carbons (Fsp3) is 0.458. The molecule has 0 aromatic heterocycles. The molecule has 1 amide bonds. The molecule has 2 aromatic rings. The summed E-state index contributed by atoms with van der Waals surface area (Å²) < 4.78 is 73.8. The number of nitrogens with one attached hydrogen (secondary N) is 1. The molecule has 4 atom stereocenters. The lowest BCUT2D eigenvalue weighted by Crippen LogP contribution is -2.41. The Morgan fingerprint density at radius 2 is 1.65 bits per heavy atom. The number of epoxide rings is 1. The summed E-state index contributed by atoms with van der Waals surface area (Å²) in [6.07, 6.45) is 3.12. The number of hydrogen-bond donors (Lipinski definition) is 1. The van der Waals surface area contributed by atoms with Crippen LogP contribution in [0.5, 0.6) is 0 Å². The Balaban J connectivity index is 1.48. The molecule has 2 aromatic carbocycles. The van der Waals surface area contributed by atoms with E-state index in [1.54, 1.807) is 25.1 Å². The van der Waals surface area contributed by atoms with Gasteiger partial charge in [-0.3, -0.25) is 4.79 Å². The first-order chi connectivity index (χ1) is 16.0. The van der Waals surface area contributed by atoms with Crippen molar-refractivity contribution in [1.29, 1.82) is 0 Å². The highest BCUT2D eigenvalue weighted by molar-refractivity contribution is 7.92. The molecular formula is C24H25F3N2O4S. The smallest absolute Gasteiger partial charge is 0.255 e. The van der Waals surface area contributed by atoms with Crippen LogP contribution in [0.15, 0.2) is 35.2 Å². The van der Waals surface area contributed by atoms with Crippen LogP contribution in [0, 0.1) is 29.3 Å². The van der Waals surface area contributed by atoms with Crippen molar-refractivity contribution < 1.29 is 31.1 Å². The van der Waals surface area contributed by atoms with Gasteiger partial charge in [0.05, 0.1) is 28.0 Å². The molecule has 1 heterocycles. The van der Waals surface area contributed by atoms with Crippen molar-refractivity contribution in [3.63, 3.8) is 0 Å². The van der Waals surface area contributed by atoms with Crippen molar-refractivity contribution in [2.24, 2.45) is 11.8 Å². The lowest BCUT2D eigenvalue weighted by molar-refractivity contribution is 0.102. The Morgan fingerprint density at radius 1 is 1.06 bits per heavy atom. The van der Waals surface area contributed by atoms with E-state index < -0.39 is 38.4 Å². The van der Waals surface area contributed by atoms with Crippen LogP contribution in [0.2, 0.25) is 0 Å². The largest absolute Gasteiger partial charge is 0.377 e. The molecule has 1 saturated heterocycles. The van der Waals surface area contributed by atoms with Gasteiger partial charge in [0.2, 0.25) is 0 Å². The zero-order valence-electron chi connectivity index (χ0n) is 18.8. The Bertz CT molecular complexity index is 1240. The number of carbonyl (C=O) groups is 1. The maximum atomic E-state index is 13.9. The number of fused-ring (bicyclic) bond motifs is 2. The van der Waals surface area contributed by atoms with E-state index in [1.807, 2.05) is 0 Å². The molecule has 3 unspecified atom stereocenters. The number of halogens is 3. The minimum atomic E-state index is -3.79. The van der Waals surface area contributed by atoms with Gasteiger partial charge in [-0.25, -0.2) is 21.6 Å². The van der Waals surface area contributed by atoms with Crippen molar-refractivity contribution in [3.05, 3.63) is 53.3 Å². The van der Waals surface area contributed by atoms with E-state index in [9.17, 15) is 26.4 Å². The maximum absolute atomic E-state index is 13.9. The molecule has 2 saturated carbocycles. The number of amides is 1. The SMILES string of the molecule is CN(C)c1ccc(C(=O)Nc2cc(F)c(F)c(F)c2)cc1S(=O)(=O)C1C2CC[C@H]1CC1(CO1)C2. The predicted molar refractivity (Wildman–Crippen MR) is 120 cm³/mol. The summed E-state index contributed by atoms with van der Waals surface area (Å²) in [5, 5.41) is 1.77. The molecule has 3 aliphatic rings. The first kappa shape index (κ1) is 23.2. The first-order valence-corrected chi connectivity index (χ1v) is 12.7. The fourth-order valence-corrected chi connectivity index (χ4v) is 8.30. The highest BCUT2D eigenvalue weighted by atomic mass is 32.2. The van der Waals surface area contributed by atoms with Gasteiger partial charge in [-0.15, -0.1) is 0 Å².